The number of halogens is 13. The van der Waals surface area contributed by atoms with E-state index in [4.69, 9.17) is 11.5 Å². The summed E-state index contributed by atoms with van der Waals surface area (Å²) in [7, 11) is 0. The van der Waals surface area contributed by atoms with Gasteiger partial charge in [-0.15, -0.1) is 0 Å². The number of nitrogen functional groups attached to an aromatic ring is 2. The monoisotopic (exact) mass is 554 g/mol. The number of rotatable bonds is 4. The van der Waals surface area contributed by atoms with Gasteiger partial charge in [-0.25, -0.2) is 30.7 Å². The van der Waals surface area contributed by atoms with E-state index in [0.717, 1.165) is 0 Å². The van der Waals surface area contributed by atoms with Crippen LogP contribution in [0, 0.1) is 40.7 Å². The molecule has 0 unspecified atom stereocenters. The van der Waals surface area contributed by atoms with Gasteiger partial charge in [-0.1, -0.05) is 0 Å². The topological polar surface area (TPSA) is 70.5 Å². The second kappa shape index (κ2) is 9.11. The second-order valence-electron chi connectivity index (χ2n) is 6.93. The summed E-state index contributed by atoms with van der Waals surface area (Å²) in [6.07, 6.45) is -12.1. The molecule has 17 heteroatoms. The first kappa shape index (κ1) is 27.5. The molecule has 3 rings (SSSR count). The Balaban J connectivity index is 2.41. The molecule has 0 heterocycles. The van der Waals surface area contributed by atoms with E-state index in [9.17, 15) is 57.1 Å². The molecule has 3 aromatic rings. The van der Waals surface area contributed by atoms with Crippen LogP contribution in [0.1, 0.15) is 11.1 Å². The summed E-state index contributed by atoms with van der Waals surface area (Å²) in [5.41, 5.74) is 1.19. The molecule has 0 saturated heterocycles. The second-order valence-corrected chi connectivity index (χ2v) is 6.93. The highest BCUT2D eigenvalue weighted by Gasteiger charge is 2.47. The third-order valence-corrected chi connectivity index (χ3v) is 4.51. The number of ether oxygens (including phenoxy) is 2. The van der Waals surface area contributed by atoms with E-state index in [0.29, 0.717) is 0 Å². The van der Waals surface area contributed by atoms with Crippen molar-refractivity contribution in [2.24, 2.45) is 0 Å². The molecule has 0 bridgehead atoms. The smallest absolute Gasteiger partial charge is 0.423 e. The van der Waals surface area contributed by atoms with E-state index in [2.05, 4.69) is 9.47 Å². The zero-order chi connectivity index (χ0) is 28.2. The van der Waals surface area contributed by atoms with E-state index in [1.165, 1.54) is 0 Å². The molecule has 37 heavy (non-hydrogen) atoms. The average Bonchev–Trinajstić information content (AvgIpc) is 2.76. The highest BCUT2D eigenvalue weighted by atomic mass is 19.4. The SMILES string of the molecule is Nc1c(F)cc(F)c(Oc2c(F)cc(C(F)(F)F)c(Oc3c(F)cc(F)c(N)c3F)c2C(F)(F)F)c1F. The number of nitrogens with two attached hydrogens (primary N) is 2. The Morgan fingerprint density at radius 2 is 0.865 bits per heavy atom. The van der Waals surface area contributed by atoms with Gasteiger partial charge in [0, 0.05) is 12.1 Å². The lowest BCUT2D eigenvalue weighted by atomic mass is 10.0. The number of hydrogen-bond donors (Lipinski definition) is 2. The average molecular weight is 554 g/mol. The third kappa shape index (κ3) is 4.97. The number of benzene rings is 3. The molecule has 0 aliphatic rings. The third-order valence-electron chi connectivity index (χ3n) is 4.51. The first-order chi connectivity index (χ1) is 16.9. The fraction of sp³-hybridized carbons (Fsp3) is 0.100. The minimum Gasteiger partial charge on any atom is -0.450 e. The number of anilines is 2. The molecule has 0 aromatic heterocycles. The van der Waals surface area contributed by atoms with Crippen LogP contribution in [-0.4, -0.2) is 0 Å². The Morgan fingerprint density at radius 3 is 1.24 bits per heavy atom. The van der Waals surface area contributed by atoms with Crippen LogP contribution in [0.15, 0.2) is 18.2 Å². The van der Waals surface area contributed by atoms with Crippen LogP contribution in [0.5, 0.6) is 23.0 Å². The molecule has 0 atom stereocenters. The Labute approximate surface area is 195 Å². The van der Waals surface area contributed by atoms with Crippen molar-refractivity contribution in [2.75, 3.05) is 11.5 Å². The maximum Gasteiger partial charge on any atom is 0.423 e. The maximum atomic E-state index is 14.5. The molecular weight excluding hydrogens is 547 g/mol. The van der Waals surface area contributed by atoms with Gasteiger partial charge in [0.1, 0.15) is 22.5 Å². The van der Waals surface area contributed by atoms with E-state index >= 15 is 0 Å². The van der Waals surface area contributed by atoms with Gasteiger partial charge in [0.15, 0.2) is 52.2 Å². The first-order valence-corrected chi connectivity index (χ1v) is 9.08. The summed E-state index contributed by atoms with van der Waals surface area (Å²) >= 11 is 0. The van der Waals surface area contributed by atoms with Crippen molar-refractivity contribution in [3.63, 3.8) is 0 Å². The predicted octanol–water partition coefficient (Wildman–Crippen LogP) is 7.45. The van der Waals surface area contributed by atoms with Crippen LogP contribution >= 0.6 is 0 Å². The van der Waals surface area contributed by atoms with Gasteiger partial charge in [0.2, 0.25) is 11.5 Å². The van der Waals surface area contributed by atoms with Crippen LogP contribution in [0.4, 0.5) is 68.5 Å². The standard InChI is InChI=1S/C20H7F13N2O2/c21-5-2-8(24)17(11(26)13(5)34)36-15-4(19(28,29)30)1-7(23)16(10(15)20(31,32)33)37-18-9(25)3-6(22)14(35)12(18)27/h1-3H,34-35H2. The van der Waals surface area contributed by atoms with Crippen molar-refractivity contribution in [3.8, 4) is 23.0 Å². The van der Waals surface area contributed by atoms with Crippen LogP contribution in [-0.2, 0) is 12.4 Å². The van der Waals surface area contributed by atoms with Gasteiger partial charge in [-0.2, -0.15) is 26.3 Å². The Bertz CT molecular complexity index is 1400. The highest BCUT2D eigenvalue weighted by molar-refractivity contribution is 5.59. The van der Waals surface area contributed by atoms with E-state index in [1.54, 1.807) is 0 Å². The summed E-state index contributed by atoms with van der Waals surface area (Å²) in [5, 5.41) is 0. The Kier molecular flexibility index (Phi) is 6.78. The molecule has 0 aliphatic heterocycles. The van der Waals surface area contributed by atoms with E-state index < -0.39 is 105 Å². The van der Waals surface area contributed by atoms with Gasteiger partial charge in [0.25, 0.3) is 0 Å². The zero-order valence-electron chi connectivity index (χ0n) is 17.1. The fourth-order valence-corrected chi connectivity index (χ4v) is 2.85. The van der Waals surface area contributed by atoms with Crippen LogP contribution in [0.2, 0.25) is 0 Å². The minimum atomic E-state index is -6.15. The number of hydrogen-bond acceptors (Lipinski definition) is 4. The minimum absolute atomic E-state index is 0.202. The van der Waals surface area contributed by atoms with Crippen molar-refractivity contribution in [3.05, 3.63) is 70.0 Å². The quantitative estimate of drug-likeness (QED) is 0.260. The predicted molar refractivity (Wildman–Crippen MR) is 98.0 cm³/mol. The van der Waals surface area contributed by atoms with Gasteiger partial charge in [-0.3, -0.25) is 0 Å². The van der Waals surface area contributed by atoms with Gasteiger partial charge >= 0.3 is 12.4 Å². The van der Waals surface area contributed by atoms with Gasteiger partial charge in [-0.05, 0) is 6.07 Å². The highest BCUT2D eigenvalue weighted by Crippen LogP contribution is 2.53. The number of alkyl halides is 6. The van der Waals surface area contributed by atoms with Crippen molar-refractivity contribution in [1.82, 2.24) is 0 Å². The normalized spacial score (nSPS) is 12.1. The molecule has 200 valence electrons. The van der Waals surface area contributed by atoms with Gasteiger partial charge < -0.3 is 20.9 Å². The van der Waals surface area contributed by atoms with Crippen LogP contribution in [0.3, 0.4) is 0 Å². The maximum absolute atomic E-state index is 14.5. The van der Waals surface area contributed by atoms with Crippen molar-refractivity contribution in [2.45, 2.75) is 12.4 Å². The Morgan fingerprint density at radius 1 is 0.486 bits per heavy atom. The van der Waals surface area contributed by atoms with Crippen molar-refractivity contribution in [1.29, 1.82) is 0 Å². The van der Waals surface area contributed by atoms with E-state index in [1.807, 2.05) is 0 Å². The molecule has 0 fully saturated rings. The molecule has 4 nitrogen and oxygen atoms in total. The largest absolute Gasteiger partial charge is 0.450 e. The molecule has 0 aliphatic carbocycles. The lowest BCUT2D eigenvalue weighted by Gasteiger charge is -2.23. The summed E-state index contributed by atoms with van der Waals surface area (Å²) in [6, 6.07) is -1.17. The van der Waals surface area contributed by atoms with Gasteiger partial charge in [0.05, 0.1) is 0 Å². The van der Waals surface area contributed by atoms with E-state index in [-0.39, 0.29) is 12.1 Å². The summed E-state index contributed by atoms with van der Waals surface area (Å²) in [5.74, 6) is -24.0. The molecular formula is C20H7F13N2O2. The lowest BCUT2D eigenvalue weighted by molar-refractivity contribution is -0.146. The molecule has 0 spiro atoms. The van der Waals surface area contributed by atoms with Crippen molar-refractivity contribution >= 4 is 11.4 Å². The molecule has 0 saturated carbocycles. The summed E-state index contributed by atoms with van der Waals surface area (Å²) in [6.45, 7) is 0. The summed E-state index contributed by atoms with van der Waals surface area (Å²) in [4.78, 5) is 0. The molecule has 0 amide bonds. The first-order valence-electron chi connectivity index (χ1n) is 9.08. The fourth-order valence-electron chi connectivity index (χ4n) is 2.85. The molecule has 4 N–H and O–H groups in total. The molecule has 3 aromatic carbocycles. The van der Waals surface area contributed by atoms with Crippen LogP contribution in [0.25, 0.3) is 0 Å². The summed E-state index contributed by atoms with van der Waals surface area (Å²) < 4.78 is 188. The van der Waals surface area contributed by atoms with Crippen LogP contribution < -0.4 is 20.9 Å². The zero-order valence-corrected chi connectivity index (χ0v) is 17.1. The lowest BCUT2D eigenvalue weighted by Crippen LogP contribution is -2.17. The Hall–Kier alpha value is -4.05. The van der Waals surface area contributed by atoms with Crippen molar-refractivity contribution < 1.29 is 66.5 Å². The molecule has 0 radical (unpaired) electrons.